The zero-order chi connectivity index (χ0) is 18.8. The lowest BCUT2D eigenvalue weighted by Gasteiger charge is -2.18. The summed E-state index contributed by atoms with van der Waals surface area (Å²) < 4.78 is 5.43. The number of carbonyl (C=O) groups is 2. The molecule has 0 aliphatic heterocycles. The Morgan fingerprint density at radius 3 is 2.73 bits per heavy atom. The van der Waals surface area contributed by atoms with Crippen molar-refractivity contribution in [2.24, 2.45) is 5.92 Å². The van der Waals surface area contributed by atoms with Crippen LogP contribution in [0.4, 0.5) is 5.00 Å². The highest BCUT2D eigenvalue weighted by Gasteiger charge is 2.30. The first-order valence-corrected chi connectivity index (χ1v) is 9.97. The maximum Gasteiger partial charge on any atom is 0.341 e. The molecule has 0 saturated carbocycles. The fourth-order valence-electron chi connectivity index (χ4n) is 3.14. The maximum atomic E-state index is 12.7. The van der Waals surface area contributed by atoms with E-state index < -0.39 is 0 Å². The molecule has 0 unspecified atom stereocenters. The van der Waals surface area contributed by atoms with E-state index in [1.54, 1.807) is 24.3 Å². The van der Waals surface area contributed by atoms with E-state index in [0.29, 0.717) is 27.1 Å². The molecule has 4 nitrogen and oxygen atoms in total. The van der Waals surface area contributed by atoms with Gasteiger partial charge < -0.3 is 10.1 Å². The second-order valence-electron chi connectivity index (χ2n) is 6.94. The first-order valence-electron chi connectivity index (χ1n) is 8.78. The number of hydrogen-bond acceptors (Lipinski definition) is 4. The summed E-state index contributed by atoms with van der Waals surface area (Å²) in [4.78, 5) is 26.5. The molecule has 1 aromatic carbocycles. The largest absolute Gasteiger partial charge is 0.459 e. The molecule has 1 heterocycles. The fraction of sp³-hybridized carbons (Fsp3) is 0.400. The molecule has 0 bridgehead atoms. The Balaban J connectivity index is 1.96. The average molecular weight is 392 g/mol. The number of carbonyl (C=O) groups excluding carboxylic acids is 2. The van der Waals surface area contributed by atoms with E-state index in [2.05, 4.69) is 12.2 Å². The zero-order valence-electron chi connectivity index (χ0n) is 15.1. The van der Waals surface area contributed by atoms with Crippen LogP contribution in [0.3, 0.4) is 0 Å². The van der Waals surface area contributed by atoms with Crippen LogP contribution in [-0.2, 0) is 17.6 Å². The Morgan fingerprint density at radius 2 is 2.04 bits per heavy atom. The SMILES string of the molecule is CC(C)OC(=O)c1c(NC(=O)c2ccccc2Cl)sc2c1CC[C@H](C)C2. The van der Waals surface area contributed by atoms with E-state index in [1.165, 1.54) is 11.3 Å². The normalized spacial score (nSPS) is 16.3. The van der Waals surface area contributed by atoms with E-state index in [0.717, 1.165) is 29.7 Å². The first-order chi connectivity index (χ1) is 12.4. The third kappa shape index (κ3) is 3.94. The summed E-state index contributed by atoms with van der Waals surface area (Å²) in [5, 5.41) is 3.82. The van der Waals surface area contributed by atoms with Gasteiger partial charge in [0.15, 0.2) is 0 Å². The highest BCUT2D eigenvalue weighted by molar-refractivity contribution is 7.17. The fourth-order valence-corrected chi connectivity index (χ4v) is 4.76. The molecule has 1 atom stereocenters. The lowest BCUT2D eigenvalue weighted by atomic mass is 9.88. The van der Waals surface area contributed by atoms with Gasteiger partial charge in [0.1, 0.15) is 5.00 Å². The van der Waals surface area contributed by atoms with Gasteiger partial charge in [-0.2, -0.15) is 0 Å². The Hall–Kier alpha value is -1.85. The standard InChI is InChI=1S/C20H22ClNO3S/c1-11(2)25-20(24)17-14-9-8-12(3)10-16(14)26-19(17)22-18(23)13-6-4-5-7-15(13)21/h4-7,11-12H,8-10H2,1-3H3,(H,22,23)/t12-/m0/s1. The first kappa shape index (κ1) is 18.9. The van der Waals surface area contributed by atoms with Crippen LogP contribution in [0.25, 0.3) is 0 Å². The van der Waals surface area contributed by atoms with Crippen LogP contribution in [0.1, 0.15) is 58.3 Å². The molecule has 6 heteroatoms. The maximum absolute atomic E-state index is 12.7. The number of esters is 1. The number of benzene rings is 1. The minimum absolute atomic E-state index is 0.215. The van der Waals surface area contributed by atoms with E-state index in [1.807, 2.05) is 13.8 Å². The van der Waals surface area contributed by atoms with E-state index in [9.17, 15) is 9.59 Å². The number of amides is 1. The molecule has 1 N–H and O–H groups in total. The number of rotatable bonds is 4. The lowest BCUT2D eigenvalue weighted by Crippen LogP contribution is -2.18. The van der Waals surface area contributed by atoms with E-state index in [4.69, 9.17) is 16.3 Å². The number of nitrogens with one attached hydrogen (secondary N) is 1. The van der Waals surface area contributed by atoms with Crippen molar-refractivity contribution in [1.29, 1.82) is 0 Å². The van der Waals surface area contributed by atoms with Crippen molar-refractivity contribution in [2.75, 3.05) is 5.32 Å². The molecule has 1 amide bonds. The molecule has 0 radical (unpaired) electrons. The van der Waals surface area contributed by atoms with E-state index >= 15 is 0 Å². The van der Waals surface area contributed by atoms with Crippen LogP contribution in [0.5, 0.6) is 0 Å². The Morgan fingerprint density at radius 1 is 1.31 bits per heavy atom. The van der Waals surface area contributed by atoms with Gasteiger partial charge in [-0.25, -0.2) is 4.79 Å². The summed E-state index contributed by atoms with van der Waals surface area (Å²) in [5.74, 6) is -0.121. The second-order valence-corrected chi connectivity index (χ2v) is 8.46. The second kappa shape index (κ2) is 7.80. The minimum atomic E-state index is -0.374. The molecular formula is C20H22ClNO3S. The molecule has 0 spiro atoms. The Labute approximate surface area is 162 Å². The van der Waals surface area contributed by atoms with Crippen molar-refractivity contribution in [3.05, 3.63) is 50.9 Å². The number of hydrogen-bond donors (Lipinski definition) is 1. The van der Waals surface area contributed by atoms with Crippen LogP contribution in [0.15, 0.2) is 24.3 Å². The lowest BCUT2D eigenvalue weighted by molar-refractivity contribution is 0.0378. The highest BCUT2D eigenvalue weighted by Crippen LogP contribution is 2.40. The molecule has 0 saturated heterocycles. The summed E-state index contributed by atoms with van der Waals surface area (Å²) in [6, 6.07) is 6.87. The molecule has 2 aromatic rings. The number of ether oxygens (including phenoxy) is 1. The van der Waals surface area contributed by atoms with Crippen LogP contribution >= 0.6 is 22.9 Å². The van der Waals surface area contributed by atoms with Crippen molar-refractivity contribution in [3.8, 4) is 0 Å². The number of thiophene rings is 1. The summed E-state index contributed by atoms with van der Waals surface area (Å²) in [6.07, 6.45) is 2.57. The topological polar surface area (TPSA) is 55.4 Å². The van der Waals surface area contributed by atoms with Gasteiger partial charge in [0, 0.05) is 4.88 Å². The molecule has 26 heavy (non-hydrogen) atoms. The summed E-state index contributed by atoms with van der Waals surface area (Å²) in [7, 11) is 0. The molecule has 1 aromatic heterocycles. The van der Waals surface area contributed by atoms with Gasteiger partial charge in [-0.1, -0.05) is 30.7 Å². The van der Waals surface area contributed by atoms with Crippen molar-refractivity contribution in [1.82, 2.24) is 0 Å². The van der Waals surface area contributed by atoms with Crippen molar-refractivity contribution >= 4 is 39.8 Å². The highest BCUT2D eigenvalue weighted by atomic mass is 35.5. The van der Waals surface area contributed by atoms with Gasteiger partial charge >= 0.3 is 5.97 Å². The van der Waals surface area contributed by atoms with Crippen LogP contribution in [0.2, 0.25) is 5.02 Å². The third-order valence-corrected chi connectivity index (χ3v) is 5.90. The van der Waals surface area contributed by atoms with Crippen molar-refractivity contribution < 1.29 is 14.3 Å². The number of anilines is 1. The molecule has 138 valence electrons. The average Bonchev–Trinajstić information content (AvgIpc) is 2.91. The minimum Gasteiger partial charge on any atom is -0.459 e. The molecule has 0 fully saturated rings. The van der Waals surface area contributed by atoms with Crippen molar-refractivity contribution in [2.45, 2.75) is 46.1 Å². The molecule has 1 aliphatic rings. The summed E-state index contributed by atoms with van der Waals surface area (Å²) in [6.45, 7) is 5.85. The quantitative estimate of drug-likeness (QED) is 0.715. The zero-order valence-corrected chi connectivity index (χ0v) is 16.7. The van der Waals surface area contributed by atoms with Gasteiger partial charge in [0.2, 0.25) is 0 Å². The summed E-state index contributed by atoms with van der Waals surface area (Å²) in [5.41, 5.74) is 1.91. The molecular weight excluding hydrogens is 370 g/mol. The third-order valence-electron chi connectivity index (χ3n) is 4.40. The molecule has 3 rings (SSSR count). The van der Waals surface area contributed by atoms with E-state index in [-0.39, 0.29) is 18.0 Å². The number of halogens is 1. The Kier molecular flexibility index (Phi) is 5.68. The van der Waals surface area contributed by atoms with Crippen LogP contribution in [-0.4, -0.2) is 18.0 Å². The van der Waals surface area contributed by atoms with Crippen LogP contribution < -0.4 is 5.32 Å². The van der Waals surface area contributed by atoms with Crippen LogP contribution in [0, 0.1) is 5.92 Å². The van der Waals surface area contributed by atoms with Gasteiger partial charge in [0.25, 0.3) is 5.91 Å². The van der Waals surface area contributed by atoms with Gasteiger partial charge in [-0.05, 0) is 56.7 Å². The van der Waals surface area contributed by atoms with Gasteiger partial charge in [-0.15, -0.1) is 11.3 Å². The monoisotopic (exact) mass is 391 g/mol. The van der Waals surface area contributed by atoms with Gasteiger partial charge in [-0.3, -0.25) is 4.79 Å². The smallest absolute Gasteiger partial charge is 0.341 e. The van der Waals surface area contributed by atoms with Crippen molar-refractivity contribution in [3.63, 3.8) is 0 Å². The number of fused-ring (bicyclic) bond motifs is 1. The summed E-state index contributed by atoms with van der Waals surface area (Å²) >= 11 is 7.60. The predicted octanol–water partition coefficient (Wildman–Crippen LogP) is 5.34. The Bertz CT molecular complexity index is 844. The predicted molar refractivity (Wildman–Crippen MR) is 105 cm³/mol. The van der Waals surface area contributed by atoms with Gasteiger partial charge in [0.05, 0.1) is 22.3 Å². The molecule has 1 aliphatic carbocycles.